The molecule has 0 fully saturated rings. The van der Waals surface area contributed by atoms with Crippen LogP contribution in [-0.4, -0.2) is 41.4 Å². The van der Waals surface area contributed by atoms with Crippen molar-refractivity contribution < 1.29 is 9.50 Å². The Kier molecular flexibility index (Phi) is 5.35. The summed E-state index contributed by atoms with van der Waals surface area (Å²) in [6, 6.07) is 2.52. The molecule has 3 aromatic heterocycles. The molecule has 7 N–H and O–H groups in total. The van der Waals surface area contributed by atoms with Crippen molar-refractivity contribution in [2.75, 3.05) is 23.4 Å². The second-order valence-corrected chi connectivity index (χ2v) is 7.13. The fourth-order valence-electron chi connectivity index (χ4n) is 3.01. The molecule has 0 bridgehead atoms. The first-order chi connectivity index (χ1) is 14.8. The van der Waals surface area contributed by atoms with Gasteiger partial charge in [-0.1, -0.05) is 23.2 Å². The third kappa shape index (κ3) is 3.71. The number of aliphatic hydroxyl groups is 1. The zero-order valence-corrected chi connectivity index (χ0v) is 17.0. The van der Waals surface area contributed by atoms with Gasteiger partial charge in [0.2, 0.25) is 5.95 Å². The Hall–Kier alpha value is -3.48. The largest absolute Gasteiger partial charge is 0.394 e. The van der Waals surface area contributed by atoms with E-state index in [2.05, 4.69) is 30.5 Å². The summed E-state index contributed by atoms with van der Waals surface area (Å²) in [4.78, 5) is 25.4. The molecule has 0 amide bonds. The number of hydrogen-bond acceptors (Lipinski definition) is 9. The molecular weight excluding hydrogens is 452 g/mol. The highest BCUT2D eigenvalue weighted by Crippen LogP contribution is 2.30. The number of fused-ring (bicyclic) bond motifs is 1. The minimum atomic E-state index is -1.03. The maximum Gasteiger partial charge on any atom is 0.267 e. The molecule has 0 aliphatic carbocycles. The van der Waals surface area contributed by atoms with E-state index in [0.29, 0.717) is 0 Å². The molecule has 1 unspecified atom stereocenters. The van der Waals surface area contributed by atoms with E-state index in [1.54, 1.807) is 0 Å². The lowest BCUT2D eigenvalue weighted by Gasteiger charge is -2.21. The lowest BCUT2D eigenvalue weighted by atomic mass is 10.2. The molecule has 4 aromatic rings. The highest BCUT2D eigenvalue weighted by Gasteiger charge is 2.24. The van der Waals surface area contributed by atoms with E-state index >= 15 is 0 Å². The van der Waals surface area contributed by atoms with E-state index in [1.165, 1.54) is 12.3 Å². The molecule has 0 saturated heterocycles. The number of rotatable bonds is 5. The quantitative estimate of drug-likeness (QED) is 0.293. The minimum Gasteiger partial charge on any atom is -0.394 e. The second kappa shape index (κ2) is 7.98. The van der Waals surface area contributed by atoms with Crippen molar-refractivity contribution in [2.24, 2.45) is 0 Å². The Morgan fingerprint density at radius 1 is 1.26 bits per heavy atom. The van der Waals surface area contributed by atoms with Crippen molar-refractivity contribution in [3.8, 4) is 5.82 Å². The number of nitrogens with one attached hydrogen (secondary N) is 2. The number of nitrogens with zero attached hydrogens (tertiary/aromatic N) is 5. The molecule has 160 valence electrons. The van der Waals surface area contributed by atoms with Gasteiger partial charge in [-0.25, -0.2) is 13.9 Å². The van der Waals surface area contributed by atoms with Gasteiger partial charge in [0.1, 0.15) is 34.3 Å². The van der Waals surface area contributed by atoms with E-state index in [9.17, 15) is 14.3 Å². The van der Waals surface area contributed by atoms with Crippen LogP contribution in [0.5, 0.6) is 0 Å². The maximum absolute atomic E-state index is 13.9. The Balaban J connectivity index is 1.97. The van der Waals surface area contributed by atoms with Gasteiger partial charge in [0.15, 0.2) is 5.82 Å². The highest BCUT2D eigenvalue weighted by atomic mass is 35.5. The number of aromatic amines is 1. The first kappa shape index (κ1) is 20.8. The molecule has 31 heavy (non-hydrogen) atoms. The first-order valence-corrected chi connectivity index (χ1v) is 9.43. The average molecular weight is 466 g/mol. The van der Waals surface area contributed by atoms with Gasteiger partial charge in [-0.05, 0) is 12.1 Å². The van der Waals surface area contributed by atoms with Crippen LogP contribution in [0.15, 0.2) is 29.2 Å². The van der Waals surface area contributed by atoms with E-state index < -0.39 is 24.0 Å². The van der Waals surface area contributed by atoms with Gasteiger partial charge < -0.3 is 21.9 Å². The number of H-pyrrole nitrogens is 1. The smallest absolute Gasteiger partial charge is 0.267 e. The second-order valence-electron chi connectivity index (χ2n) is 6.35. The predicted octanol–water partition coefficient (Wildman–Crippen LogP) is 1.65. The monoisotopic (exact) mass is 465 g/mol. The number of nitrogens with two attached hydrogens (primary N) is 2. The average Bonchev–Trinajstić information content (AvgIpc) is 3.24. The summed E-state index contributed by atoms with van der Waals surface area (Å²) in [5.41, 5.74) is 10.7. The third-order valence-electron chi connectivity index (χ3n) is 4.34. The summed E-state index contributed by atoms with van der Waals surface area (Å²) >= 11 is 12.3. The number of aliphatic hydroxyl groups excluding tert-OH is 1. The van der Waals surface area contributed by atoms with Crippen LogP contribution < -0.4 is 22.3 Å². The fraction of sp³-hybridized carbons (Fsp3) is 0.118. The van der Waals surface area contributed by atoms with Crippen LogP contribution in [0.2, 0.25) is 10.0 Å². The topological polar surface area (TPSA) is 174 Å². The standard InChI is InChI=1S/C17H14Cl2FN9O2/c18-8-4-6(20)3-7-12(8)25-15(29(16(7)31)10-1-2-23-28-10)9(5-30)24-14-11(19)13(21)26-17(22)27-14/h1-4,9,30H,5H2,(H,23,28)(H5,21,22,24,26,27). The normalized spacial score (nSPS) is 12.3. The molecule has 11 nitrogen and oxygen atoms in total. The Bertz CT molecular complexity index is 1340. The van der Waals surface area contributed by atoms with Crippen molar-refractivity contribution in [2.45, 2.75) is 6.04 Å². The molecule has 0 aliphatic rings. The number of anilines is 3. The van der Waals surface area contributed by atoms with E-state index in [-0.39, 0.29) is 50.2 Å². The summed E-state index contributed by atoms with van der Waals surface area (Å²) in [5, 5.41) is 19.2. The Morgan fingerprint density at radius 2 is 2.03 bits per heavy atom. The van der Waals surface area contributed by atoms with Crippen molar-refractivity contribution in [1.29, 1.82) is 0 Å². The summed E-state index contributed by atoms with van der Waals surface area (Å²) in [7, 11) is 0. The predicted molar refractivity (Wildman–Crippen MR) is 114 cm³/mol. The van der Waals surface area contributed by atoms with Crippen LogP contribution in [0.3, 0.4) is 0 Å². The van der Waals surface area contributed by atoms with Gasteiger partial charge in [0.05, 0.1) is 28.7 Å². The lowest BCUT2D eigenvalue weighted by Crippen LogP contribution is -2.30. The molecule has 0 spiro atoms. The van der Waals surface area contributed by atoms with Gasteiger partial charge in [0, 0.05) is 6.07 Å². The van der Waals surface area contributed by atoms with Crippen LogP contribution in [0, 0.1) is 5.82 Å². The van der Waals surface area contributed by atoms with E-state index in [4.69, 9.17) is 34.7 Å². The minimum absolute atomic E-state index is 0.0152. The number of hydrogen-bond donors (Lipinski definition) is 5. The lowest BCUT2D eigenvalue weighted by molar-refractivity contribution is 0.270. The molecule has 14 heteroatoms. The van der Waals surface area contributed by atoms with Gasteiger partial charge in [-0.3, -0.25) is 9.89 Å². The highest BCUT2D eigenvalue weighted by molar-refractivity contribution is 6.35. The van der Waals surface area contributed by atoms with Gasteiger partial charge in [-0.2, -0.15) is 15.1 Å². The molecular formula is C17H14Cl2FN9O2. The number of halogens is 3. The Labute approximate surface area is 182 Å². The molecule has 0 radical (unpaired) electrons. The molecule has 4 rings (SSSR count). The molecule has 1 atom stereocenters. The summed E-state index contributed by atoms with van der Waals surface area (Å²) in [6.07, 6.45) is 1.42. The van der Waals surface area contributed by atoms with Crippen LogP contribution >= 0.6 is 23.2 Å². The number of benzene rings is 1. The molecule has 3 heterocycles. The summed E-state index contributed by atoms with van der Waals surface area (Å²) in [6.45, 7) is -0.551. The van der Waals surface area contributed by atoms with Crippen LogP contribution in [0.4, 0.5) is 22.0 Å². The van der Waals surface area contributed by atoms with Crippen LogP contribution in [0.25, 0.3) is 16.7 Å². The SMILES string of the molecule is Nc1nc(N)c(Cl)c(NC(CO)c2nc3c(Cl)cc(F)cc3c(=O)n2-c2ccn[nH]2)n1. The number of aromatic nitrogens is 6. The Morgan fingerprint density at radius 3 is 2.71 bits per heavy atom. The molecule has 1 aromatic carbocycles. The number of nitrogen functional groups attached to an aromatic ring is 2. The zero-order valence-electron chi connectivity index (χ0n) is 15.5. The van der Waals surface area contributed by atoms with Gasteiger partial charge in [-0.15, -0.1) is 0 Å². The van der Waals surface area contributed by atoms with Crippen LogP contribution in [-0.2, 0) is 0 Å². The molecule has 0 aliphatic heterocycles. The zero-order chi connectivity index (χ0) is 22.3. The van der Waals surface area contributed by atoms with Gasteiger partial charge in [0.25, 0.3) is 5.56 Å². The van der Waals surface area contributed by atoms with Crippen molar-refractivity contribution in [3.05, 3.63) is 56.4 Å². The van der Waals surface area contributed by atoms with E-state index in [0.717, 1.165) is 16.7 Å². The van der Waals surface area contributed by atoms with Crippen molar-refractivity contribution >= 4 is 51.7 Å². The van der Waals surface area contributed by atoms with Crippen molar-refractivity contribution in [3.63, 3.8) is 0 Å². The maximum atomic E-state index is 13.9. The van der Waals surface area contributed by atoms with Crippen molar-refractivity contribution in [1.82, 2.24) is 29.7 Å². The van der Waals surface area contributed by atoms with Gasteiger partial charge >= 0.3 is 0 Å². The summed E-state index contributed by atoms with van der Waals surface area (Å²) < 4.78 is 15.0. The fourth-order valence-corrected chi connectivity index (χ4v) is 3.39. The van der Waals surface area contributed by atoms with Crippen LogP contribution in [0.1, 0.15) is 11.9 Å². The van der Waals surface area contributed by atoms with E-state index in [1.807, 2.05) is 0 Å². The third-order valence-corrected chi connectivity index (χ3v) is 5.00. The first-order valence-electron chi connectivity index (χ1n) is 8.67. The summed E-state index contributed by atoms with van der Waals surface area (Å²) in [5.74, 6) is -0.675. The molecule has 0 saturated carbocycles.